The minimum atomic E-state index is 0.246. The average Bonchev–Trinajstić information content (AvgIpc) is 3.02. The van der Waals surface area contributed by atoms with E-state index < -0.39 is 0 Å². The van der Waals surface area contributed by atoms with Gasteiger partial charge in [0.2, 0.25) is 0 Å². The van der Waals surface area contributed by atoms with E-state index in [1.807, 2.05) is 10.9 Å². The minimum absolute atomic E-state index is 0.246. The van der Waals surface area contributed by atoms with E-state index in [1.54, 1.807) is 11.3 Å². The highest BCUT2D eigenvalue weighted by molar-refractivity contribution is 7.10. The van der Waals surface area contributed by atoms with E-state index in [9.17, 15) is 0 Å². The summed E-state index contributed by atoms with van der Waals surface area (Å²) < 4.78 is 7.28. The molecule has 6 heteroatoms. The highest BCUT2D eigenvalue weighted by Crippen LogP contribution is 2.33. The van der Waals surface area contributed by atoms with E-state index in [4.69, 9.17) is 4.74 Å². The van der Waals surface area contributed by atoms with Crippen LogP contribution in [0.3, 0.4) is 0 Å². The molecule has 3 rings (SSSR count). The molecule has 1 fully saturated rings. The summed E-state index contributed by atoms with van der Waals surface area (Å²) in [6.07, 6.45) is 3.10. The maximum absolute atomic E-state index is 5.35. The molecule has 0 unspecified atom stereocenters. The fraction of sp³-hybridized carbons (Fsp3) is 0.643. The van der Waals surface area contributed by atoms with Gasteiger partial charge in [-0.1, -0.05) is 26.0 Å². The second-order valence-electron chi connectivity index (χ2n) is 5.87. The zero-order chi connectivity index (χ0) is 14.2. The highest BCUT2D eigenvalue weighted by Gasteiger charge is 2.37. The summed E-state index contributed by atoms with van der Waals surface area (Å²) in [5.74, 6) is 0.458. The largest absolute Gasteiger partial charge is 0.380 e. The number of aromatic nitrogens is 4. The van der Waals surface area contributed by atoms with E-state index in [0.717, 1.165) is 42.6 Å². The summed E-state index contributed by atoms with van der Waals surface area (Å²) in [6, 6.07) is 0. The topological polar surface area (TPSA) is 52.8 Å². The molecular formula is C14H20N4OS. The number of thiazole rings is 1. The van der Waals surface area contributed by atoms with Gasteiger partial charge in [0.1, 0.15) is 11.4 Å². The normalized spacial score (nSPS) is 17.4. The van der Waals surface area contributed by atoms with Gasteiger partial charge >= 0.3 is 0 Å². The van der Waals surface area contributed by atoms with Crippen molar-refractivity contribution in [2.75, 3.05) is 13.2 Å². The lowest BCUT2D eigenvalue weighted by Crippen LogP contribution is -2.45. The Balaban J connectivity index is 1.75. The maximum atomic E-state index is 5.35. The molecule has 0 bridgehead atoms. The summed E-state index contributed by atoms with van der Waals surface area (Å²) in [4.78, 5) is 4.62. The van der Waals surface area contributed by atoms with Crippen LogP contribution in [0.1, 0.15) is 38.1 Å². The van der Waals surface area contributed by atoms with Crippen molar-refractivity contribution in [2.24, 2.45) is 5.41 Å². The molecule has 20 heavy (non-hydrogen) atoms. The molecule has 1 saturated heterocycles. The van der Waals surface area contributed by atoms with Crippen molar-refractivity contribution in [3.8, 4) is 11.4 Å². The average molecular weight is 292 g/mol. The van der Waals surface area contributed by atoms with Gasteiger partial charge in [-0.15, -0.1) is 16.4 Å². The van der Waals surface area contributed by atoms with Gasteiger partial charge in [-0.05, 0) is 6.42 Å². The lowest BCUT2D eigenvalue weighted by molar-refractivity contribution is -0.125. The lowest BCUT2D eigenvalue weighted by Gasteiger charge is -2.40. The van der Waals surface area contributed by atoms with Crippen molar-refractivity contribution < 1.29 is 4.74 Å². The third-order valence-electron chi connectivity index (χ3n) is 3.88. The van der Waals surface area contributed by atoms with Gasteiger partial charge in [-0.2, -0.15) is 0 Å². The smallest absolute Gasteiger partial charge is 0.132 e. The van der Waals surface area contributed by atoms with Crippen molar-refractivity contribution in [3.63, 3.8) is 0 Å². The molecule has 0 radical (unpaired) electrons. The number of hydrogen-bond donors (Lipinski definition) is 0. The van der Waals surface area contributed by atoms with Gasteiger partial charge in [0.15, 0.2) is 0 Å². The monoisotopic (exact) mass is 292 g/mol. The van der Waals surface area contributed by atoms with Crippen LogP contribution >= 0.6 is 11.3 Å². The molecule has 5 nitrogen and oxygen atoms in total. The fourth-order valence-electron chi connectivity index (χ4n) is 2.31. The standard InChI is InChI=1S/C14H20N4OS/c1-4-14(8-19-9-14)7-18-5-11(16-17-18)12-6-20-13(15-12)10(2)3/h5-6,10H,4,7-9H2,1-3H3. The third-order valence-corrected chi connectivity index (χ3v) is 5.03. The molecule has 0 aliphatic carbocycles. The van der Waals surface area contributed by atoms with Crippen molar-refractivity contribution >= 4 is 11.3 Å². The summed E-state index contributed by atoms with van der Waals surface area (Å²) in [7, 11) is 0. The van der Waals surface area contributed by atoms with Crippen molar-refractivity contribution in [1.29, 1.82) is 0 Å². The van der Waals surface area contributed by atoms with Crippen LogP contribution in [0.25, 0.3) is 11.4 Å². The predicted octanol–water partition coefficient (Wildman–Crippen LogP) is 2.95. The molecule has 2 aromatic heterocycles. The van der Waals surface area contributed by atoms with Gasteiger partial charge in [0.25, 0.3) is 0 Å². The molecule has 1 aliphatic heterocycles. The Hall–Kier alpha value is -1.27. The highest BCUT2D eigenvalue weighted by atomic mass is 32.1. The quantitative estimate of drug-likeness (QED) is 0.850. The van der Waals surface area contributed by atoms with Gasteiger partial charge in [0, 0.05) is 16.7 Å². The molecule has 2 aromatic rings. The first-order chi connectivity index (χ1) is 9.62. The SMILES string of the molecule is CCC1(Cn2cc(-c3csc(C(C)C)n3)nn2)COC1. The minimum Gasteiger partial charge on any atom is -0.380 e. The fourth-order valence-corrected chi connectivity index (χ4v) is 3.13. The number of ether oxygens (including phenoxy) is 1. The Kier molecular flexibility index (Phi) is 3.60. The summed E-state index contributed by atoms with van der Waals surface area (Å²) in [6.45, 7) is 9.04. The summed E-state index contributed by atoms with van der Waals surface area (Å²) in [5.41, 5.74) is 2.04. The molecule has 0 N–H and O–H groups in total. The number of rotatable bonds is 5. The molecule has 0 atom stereocenters. The van der Waals surface area contributed by atoms with Crippen LogP contribution in [0, 0.1) is 5.41 Å². The molecule has 0 saturated carbocycles. The zero-order valence-corrected chi connectivity index (χ0v) is 13.0. The molecule has 0 spiro atoms. The Bertz CT molecular complexity index is 580. The Morgan fingerprint density at radius 3 is 2.75 bits per heavy atom. The van der Waals surface area contributed by atoms with Crippen LogP contribution in [0.2, 0.25) is 0 Å². The van der Waals surface area contributed by atoms with E-state index in [-0.39, 0.29) is 5.41 Å². The van der Waals surface area contributed by atoms with Crippen LogP contribution in [-0.2, 0) is 11.3 Å². The summed E-state index contributed by atoms with van der Waals surface area (Å²) >= 11 is 1.69. The van der Waals surface area contributed by atoms with Gasteiger partial charge in [0.05, 0.1) is 31.0 Å². The van der Waals surface area contributed by atoms with Crippen molar-refractivity contribution in [2.45, 2.75) is 39.7 Å². The molecule has 0 amide bonds. The molecule has 0 aromatic carbocycles. The number of hydrogen-bond acceptors (Lipinski definition) is 5. The first-order valence-electron chi connectivity index (χ1n) is 7.05. The van der Waals surface area contributed by atoms with Crippen LogP contribution < -0.4 is 0 Å². The maximum Gasteiger partial charge on any atom is 0.132 e. The molecule has 3 heterocycles. The van der Waals surface area contributed by atoms with Crippen LogP contribution in [0.5, 0.6) is 0 Å². The molecule has 108 valence electrons. The van der Waals surface area contributed by atoms with Crippen molar-refractivity contribution in [1.82, 2.24) is 20.0 Å². The molecular weight excluding hydrogens is 272 g/mol. The first-order valence-corrected chi connectivity index (χ1v) is 7.93. The van der Waals surface area contributed by atoms with Crippen LogP contribution in [0.15, 0.2) is 11.6 Å². The van der Waals surface area contributed by atoms with Crippen LogP contribution in [0.4, 0.5) is 0 Å². The summed E-state index contributed by atoms with van der Waals surface area (Å²) in [5, 5.41) is 11.7. The third kappa shape index (κ3) is 2.50. The van der Waals surface area contributed by atoms with E-state index in [2.05, 4.69) is 41.4 Å². The van der Waals surface area contributed by atoms with Gasteiger partial charge < -0.3 is 4.74 Å². The van der Waals surface area contributed by atoms with Gasteiger partial charge in [-0.25, -0.2) is 4.98 Å². The predicted molar refractivity (Wildman–Crippen MR) is 78.8 cm³/mol. The lowest BCUT2D eigenvalue weighted by atomic mass is 9.83. The zero-order valence-electron chi connectivity index (χ0n) is 12.2. The van der Waals surface area contributed by atoms with Crippen molar-refractivity contribution in [3.05, 3.63) is 16.6 Å². The Morgan fingerprint density at radius 1 is 1.40 bits per heavy atom. The Morgan fingerprint density at radius 2 is 2.20 bits per heavy atom. The van der Waals surface area contributed by atoms with E-state index >= 15 is 0 Å². The van der Waals surface area contributed by atoms with E-state index in [1.165, 1.54) is 0 Å². The van der Waals surface area contributed by atoms with E-state index in [0.29, 0.717) is 5.92 Å². The number of nitrogens with zero attached hydrogens (tertiary/aromatic N) is 4. The van der Waals surface area contributed by atoms with Crippen LogP contribution in [-0.4, -0.2) is 33.2 Å². The second-order valence-corrected chi connectivity index (χ2v) is 6.76. The van der Waals surface area contributed by atoms with Gasteiger partial charge in [-0.3, -0.25) is 4.68 Å². The molecule has 1 aliphatic rings. The Labute approximate surface area is 123 Å². The first kappa shape index (κ1) is 13.7. The second kappa shape index (κ2) is 5.26.